The third-order valence-corrected chi connectivity index (χ3v) is 7.72. The Morgan fingerprint density at radius 2 is 1.62 bits per heavy atom. The van der Waals surface area contributed by atoms with Crippen molar-refractivity contribution in [2.24, 2.45) is 5.92 Å². The van der Waals surface area contributed by atoms with Crippen LogP contribution >= 0.6 is 0 Å². The molecule has 2 aliphatic heterocycles. The normalized spacial score (nSPS) is 28.1. The predicted octanol–water partition coefficient (Wildman–Crippen LogP) is 3.19. The molecule has 144 valence electrons. The first-order chi connectivity index (χ1) is 12.3. The molecule has 2 aliphatic rings. The van der Waals surface area contributed by atoms with Crippen LogP contribution in [0.4, 0.5) is 0 Å². The Morgan fingerprint density at radius 3 is 2.23 bits per heavy atom. The van der Waals surface area contributed by atoms with Gasteiger partial charge in [-0.15, -0.1) is 0 Å². The fourth-order valence-corrected chi connectivity index (χ4v) is 5.81. The molecule has 1 aromatic carbocycles. The number of hydrogen-bond donors (Lipinski definition) is 0. The van der Waals surface area contributed by atoms with Gasteiger partial charge in [-0.3, -0.25) is 4.79 Å². The van der Waals surface area contributed by atoms with Gasteiger partial charge in [0.15, 0.2) is 0 Å². The minimum Gasteiger partial charge on any atom is -0.337 e. The smallest absolute Gasteiger partial charge is 0.243 e. The summed E-state index contributed by atoms with van der Waals surface area (Å²) >= 11 is 0. The summed E-state index contributed by atoms with van der Waals surface area (Å²) in [5.74, 6) is -0.0968. The maximum absolute atomic E-state index is 13.1. The summed E-state index contributed by atoms with van der Waals surface area (Å²) in [6.07, 6.45) is 4.74. The minimum atomic E-state index is -3.54. The van der Waals surface area contributed by atoms with Crippen molar-refractivity contribution in [3.05, 3.63) is 29.8 Å². The zero-order valence-corrected chi connectivity index (χ0v) is 16.8. The predicted molar refractivity (Wildman–Crippen MR) is 102 cm³/mol. The van der Waals surface area contributed by atoms with Gasteiger partial charge in [-0.2, -0.15) is 4.31 Å². The van der Waals surface area contributed by atoms with Gasteiger partial charge in [0.25, 0.3) is 0 Å². The van der Waals surface area contributed by atoms with Crippen molar-refractivity contribution in [1.29, 1.82) is 0 Å². The Labute approximate surface area is 157 Å². The van der Waals surface area contributed by atoms with E-state index in [2.05, 4.69) is 13.8 Å². The summed E-state index contributed by atoms with van der Waals surface area (Å²) in [7, 11) is -3.54. The first-order valence-corrected chi connectivity index (χ1v) is 11.1. The van der Waals surface area contributed by atoms with Gasteiger partial charge in [0, 0.05) is 25.2 Å². The van der Waals surface area contributed by atoms with E-state index in [0.29, 0.717) is 18.0 Å². The fraction of sp³-hybridized carbons (Fsp3) is 0.650. The molecule has 26 heavy (non-hydrogen) atoms. The molecule has 3 atom stereocenters. The molecular formula is C20H30N2O3S. The number of amides is 1. The number of sulfonamides is 1. The van der Waals surface area contributed by atoms with Gasteiger partial charge < -0.3 is 4.90 Å². The first-order valence-electron chi connectivity index (χ1n) is 9.69. The van der Waals surface area contributed by atoms with Crippen LogP contribution in [0.2, 0.25) is 0 Å². The van der Waals surface area contributed by atoms with Gasteiger partial charge in [0.2, 0.25) is 15.9 Å². The van der Waals surface area contributed by atoms with E-state index in [1.54, 1.807) is 12.1 Å². The molecule has 3 rings (SSSR count). The molecule has 2 heterocycles. The number of likely N-dealkylation sites (tertiary alicyclic amines) is 1. The van der Waals surface area contributed by atoms with Crippen molar-refractivity contribution in [3.8, 4) is 0 Å². The average molecular weight is 379 g/mol. The average Bonchev–Trinajstić information content (AvgIpc) is 2.62. The highest BCUT2D eigenvalue weighted by molar-refractivity contribution is 7.89. The van der Waals surface area contributed by atoms with Crippen LogP contribution in [0.1, 0.15) is 51.5 Å². The van der Waals surface area contributed by atoms with Gasteiger partial charge in [0.05, 0.1) is 10.8 Å². The van der Waals surface area contributed by atoms with Gasteiger partial charge >= 0.3 is 0 Å². The third kappa shape index (κ3) is 3.81. The Morgan fingerprint density at radius 1 is 1.00 bits per heavy atom. The van der Waals surface area contributed by atoms with Crippen molar-refractivity contribution in [2.75, 3.05) is 13.1 Å². The molecule has 0 N–H and O–H groups in total. The van der Waals surface area contributed by atoms with E-state index >= 15 is 0 Å². The van der Waals surface area contributed by atoms with Crippen molar-refractivity contribution in [1.82, 2.24) is 9.21 Å². The zero-order valence-electron chi connectivity index (χ0n) is 16.0. The van der Waals surface area contributed by atoms with E-state index in [9.17, 15) is 13.2 Å². The SMILES string of the molecule is Cc1ccc(S(=O)(=O)N2CCC[C@H](C(=O)N3[C@@H](C)CCC[C@@H]3C)C2)cc1. The van der Waals surface area contributed by atoms with Gasteiger partial charge in [0.1, 0.15) is 0 Å². The number of benzene rings is 1. The largest absolute Gasteiger partial charge is 0.337 e. The molecule has 0 radical (unpaired) electrons. The lowest BCUT2D eigenvalue weighted by Gasteiger charge is -2.42. The highest BCUT2D eigenvalue weighted by Crippen LogP contribution is 2.29. The number of rotatable bonds is 3. The second-order valence-corrected chi connectivity index (χ2v) is 9.83. The lowest BCUT2D eigenvalue weighted by Crippen LogP contribution is -2.53. The molecule has 0 aliphatic carbocycles. The lowest BCUT2D eigenvalue weighted by molar-refractivity contribution is -0.143. The molecule has 6 heteroatoms. The topological polar surface area (TPSA) is 57.7 Å². The van der Waals surface area contributed by atoms with E-state index in [1.165, 1.54) is 4.31 Å². The molecule has 5 nitrogen and oxygen atoms in total. The summed E-state index contributed by atoms with van der Waals surface area (Å²) in [5.41, 5.74) is 1.03. The van der Waals surface area contributed by atoms with Gasteiger partial charge in [-0.05, 0) is 65.0 Å². The van der Waals surface area contributed by atoms with E-state index in [-0.39, 0.29) is 23.9 Å². The Hall–Kier alpha value is -1.40. The second kappa shape index (κ2) is 7.69. The monoisotopic (exact) mass is 378 g/mol. The van der Waals surface area contributed by atoms with E-state index < -0.39 is 10.0 Å². The number of hydrogen-bond acceptors (Lipinski definition) is 3. The highest BCUT2D eigenvalue weighted by Gasteiger charge is 2.38. The van der Waals surface area contributed by atoms with Crippen LogP contribution in [-0.4, -0.2) is 48.7 Å². The molecule has 0 unspecified atom stereocenters. The molecule has 1 aromatic rings. The van der Waals surface area contributed by atoms with Crippen LogP contribution in [-0.2, 0) is 14.8 Å². The molecule has 2 saturated heterocycles. The van der Waals surface area contributed by atoms with Crippen LogP contribution in [0.15, 0.2) is 29.2 Å². The van der Waals surface area contributed by atoms with E-state index in [4.69, 9.17) is 0 Å². The number of carbonyl (C=O) groups excluding carboxylic acids is 1. The van der Waals surface area contributed by atoms with Crippen LogP contribution in [0.3, 0.4) is 0 Å². The first kappa shape index (κ1) is 19.4. The highest BCUT2D eigenvalue weighted by atomic mass is 32.2. The van der Waals surface area contributed by atoms with Crippen molar-refractivity contribution < 1.29 is 13.2 Å². The van der Waals surface area contributed by atoms with Gasteiger partial charge in [-0.1, -0.05) is 17.7 Å². The Bertz CT molecular complexity index is 735. The van der Waals surface area contributed by atoms with Crippen molar-refractivity contribution >= 4 is 15.9 Å². The standard InChI is InChI=1S/C20H30N2O3S/c1-15-9-11-19(12-10-15)26(24,25)21-13-5-8-18(14-21)20(23)22-16(2)6-4-7-17(22)3/h9-12,16-18H,4-8,13-14H2,1-3H3/t16-,17-,18-/m0/s1. The molecular weight excluding hydrogens is 348 g/mol. The van der Waals surface area contributed by atoms with Crippen LogP contribution < -0.4 is 0 Å². The summed E-state index contributed by atoms with van der Waals surface area (Å²) in [6.45, 7) is 6.94. The van der Waals surface area contributed by atoms with Crippen LogP contribution in [0, 0.1) is 12.8 Å². The summed E-state index contributed by atoms with van der Waals surface area (Å²) < 4.78 is 27.4. The maximum Gasteiger partial charge on any atom is 0.243 e. The maximum atomic E-state index is 13.1. The van der Waals surface area contributed by atoms with Crippen molar-refractivity contribution in [2.45, 2.75) is 69.9 Å². The van der Waals surface area contributed by atoms with E-state index in [1.807, 2.05) is 24.0 Å². The molecule has 0 aromatic heterocycles. The van der Waals surface area contributed by atoms with Crippen LogP contribution in [0.25, 0.3) is 0 Å². The number of piperidine rings is 2. The molecule has 2 fully saturated rings. The van der Waals surface area contributed by atoms with Gasteiger partial charge in [-0.25, -0.2) is 8.42 Å². The van der Waals surface area contributed by atoms with Crippen LogP contribution in [0.5, 0.6) is 0 Å². The number of aryl methyl sites for hydroxylation is 1. The number of nitrogens with zero attached hydrogens (tertiary/aromatic N) is 2. The molecule has 0 spiro atoms. The summed E-state index contributed by atoms with van der Waals surface area (Å²) in [4.78, 5) is 15.5. The quantitative estimate of drug-likeness (QED) is 0.812. The summed E-state index contributed by atoms with van der Waals surface area (Å²) in [6, 6.07) is 7.44. The molecule has 1 amide bonds. The van der Waals surface area contributed by atoms with E-state index in [0.717, 1.165) is 37.7 Å². The molecule has 0 bridgehead atoms. The minimum absolute atomic E-state index is 0.133. The molecule has 0 saturated carbocycles. The van der Waals surface area contributed by atoms with Crippen molar-refractivity contribution in [3.63, 3.8) is 0 Å². The number of carbonyl (C=O) groups is 1. The Kier molecular flexibility index (Phi) is 5.72. The lowest BCUT2D eigenvalue weighted by atomic mass is 9.92. The summed E-state index contributed by atoms with van der Waals surface area (Å²) in [5, 5.41) is 0. The third-order valence-electron chi connectivity index (χ3n) is 5.84. The fourth-order valence-electron chi connectivity index (χ4n) is 4.29. The second-order valence-electron chi connectivity index (χ2n) is 7.89. The zero-order chi connectivity index (χ0) is 18.9. The Balaban J connectivity index is 1.76.